The van der Waals surface area contributed by atoms with Crippen molar-refractivity contribution in [2.24, 2.45) is 0 Å². The van der Waals surface area contributed by atoms with Crippen LogP contribution in [0.25, 0.3) is 0 Å². The molecule has 0 atom stereocenters. The lowest BCUT2D eigenvalue weighted by Gasteiger charge is -2.06. The van der Waals surface area contributed by atoms with Gasteiger partial charge in [-0.05, 0) is 6.07 Å². The summed E-state index contributed by atoms with van der Waals surface area (Å²) in [5.74, 6) is -0.918. The fourth-order valence-electron chi connectivity index (χ4n) is 0.923. The lowest BCUT2D eigenvalue weighted by molar-refractivity contribution is 0.0587. The van der Waals surface area contributed by atoms with Gasteiger partial charge in [0, 0.05) is 6.20 Å². The van der Waals surface area contributed by atoms with Crippen LogP contribution in [0.15, 0.2) is 12.3 Å². The molecule has 1 aromatic rings. The van der Waals surface area contributed by atoms with Crippen LogP contribution in [0, 0.1) is 0 Å². The maximum Gasteiger partial charge on any atom is 0.341 e. The topological polar surface area (TPSA) is 39.2 Å². The van der Waals surface area contributed by atoms with Gasteiger partial charge in [0.15, 0.2) is 0 Å². The number of hydrogen-bond donors (Lipinski definition) is 0. The second-order valence-electron chi connectivity index (χ2n) is 2.35. The number of ether oxygens (including phenoxy) is 1. The highest BCUT2D eigenvalue weighted by Gasteiger charge is 2.23. The quantitative estimate of drug-likeness (QED) is 0.720. The number of alkyl halides is 2. The monoisotopic (exact) mass is 221 g/mol. The van der Waals surface area contributed by atoms with Crippen LogP contribution in [0.5, 0.6) is 0 Å². The lowest BCUT2D eigenvalue weighted by Crippen LogP contribution is -2.08. The molecule has 0 fully saturated rings. The fourth-order valence-corrected chi connectivity index (χ4v) is 1.15. The summed E-state index contributed by atoms with van der Waals surface area (Å²) in [6.07, 6.45) is -1.75. The maximum atomic E-state index is 12.4. The molecule has 0 unspecified atom stereocenters. The number of rotatable bonds is 2. The van der Waals surface area contributed by atoms with E-state index in [1.807, 2.05) is 0 Å². The molecule has 0 bridgehead atoms. The number of hydrogen-bond acceptors (Lipinski definition) is 3. The van der Waals surface area contributed by atoms with E-state index in [0.29, 0.717) is 0 Å². The molecule has 0 saturated heterocycles. The Bertz CT molecular complexity index is 357. The van der Waals surface area contributed by atoms with Crippen molar-refractivity contribution in [3.8, 4) is 0 Å². The summed E-state index contributed by atoms with van der Waals surface area (Å²) in [6, 6.07) is 1.25. The summed E-state index contributed by atoms with van der Waals surface area (Å²) in [6.45, 7) is 0. The maximum absolute atomic E-state index is 12.4. The molecular formula is C8H6ClF2NO2. The molecule has 14 heavy (non-hydrogen) atoms. The molecular weight excluding hydrogens is 216 g/mol. The summed E-state index contributed by atoms with van der Waals surface area (Å²) < 4.78 is 29.1. The molecule has 0 spiro atoms. The smallest absolute Gasteiger partial charge is 0.341 e. The zero-order chi connectivity index (χ0) is 10.7. The third-order valence-electron chi connectivity index (χ3n) is 1.53. The number of aromatic nitrogens is 1. The number of carbonyl (C=O) groups excluding carboxylic acids is 1. The minimum Gasteiger partial charge on any atom is -0.465 e. The Morgan fingerprint density at radius 3 is 2.79 bits per heavy atom. The number of carbonyl (C=O) groups is 1. The van der Waals surface area contributed by atoms with E-state index in [1.165, 1.54) is 6.07 Å². The van der Waals surface area contributed by atoms with Crippen LogP contribution < -0.4 is 0 Å². The van der Waals surface area contributed by atoms with E-state index in [1.54, 1.807) is 0 Å². The van der Waals surface area contributed by atoms with Gasteiger partial charge in [-0.2, -0.15) is 0 Å². The lowest BCUT2D eigenvalue weighted by atomic mass is 10.2. The Balaban J connectivity index is 3.29. The van der Waals surface area contributed by atoms with Crippen LogP contribution in [0.2, 0.25) is 5.02 Å². The van der Waals surface area contributed by atoms with E-state index in [2.05, 4.69) is 9.72 Å². The van der Waals surface area contributed by atoms with Gasteiger partial charge in [0.25, 0.3) is 6.43 Å². The molecule has 0 N–H and O–H groups in total. The zero-order valence-electron chi connectivity index (χ0n) is 7.13. The van der Waals surface area contributed by atoms with Gasteiger partial charge in [0.2, 0.25) is 0 Å². The number of pyridine rings is 1. The molecule has 0 aliphatic carbocycles. The second kappa shape index (κ2) is 4.32. The van der Waals surface area contributed by atoms with Gasteiger partial charge in [-0.1, -0.05) is 11.6 Å². The Labute approximate surface area is 83.7 Å². The molecule has 76 valence electrons. The van der Waals surface area contributed by atoms with Crippen molar-refractivity contribution >= 4 is 17.6 Å². The average Bonchev–Trinajstić information content (AvgIpc) is 2.16. The Morgan fingerprint density at radius 1 is 1.64 bits per heavy atom. The molecule has 1 rings (SSSR count). The zero-order valence-corrected chi connectivity index (χ0v) is 7.89. The molecule has 0 aliphatic rings. The average molecular weight is 222 g/mol. The van der Waals surface area contributed by atoms with E-state index in [-0.39, 0.29) is 10.6 Å². The van der Waals surface area contributed by atoms with Crippen LogP contribution in [-0.2, 0) is 4.74 Å². The van der Waals surface area contributed by atoms with Crippen molar-refractivity contribution in [2.45, 2.75) is 6.43 Å². The number of halogens is 3. The highest BCUT2D eigenvalue weighted by Crippen LogP contribution is 2.26. The van der Waals surface area contributed by atoms with E-state index in [0.717, 1.165) is 13.3 Å². The second-order valence-corrected chi connectivity index (χ2v) is 2.75. The summed E-state index contributed by atoms with van der Waals surface area (Å²) >= 11 is 5.57. The van der Waals surface area contributed by atoms with Gasteiger partial charge in [-0.3, -0.25) is 4.98 Å². The molecule has 0 aliphatic heterocycles. The van der Waals surface area contributed by atoms with Crippen molar-refractivity contribution in [1.29, 1.82) is 0 Å². The third-order valence-corrected chi connectivity index (χ3v) is 1.84. The van der Waals surface area contributed by atoms with Crippen molar-refractivity contribution in [1.82, 2.24) is 4.98 Å². The summed E-state index contributed by atoms with van der Waals surface area (Å²) in [4.78, 5) is 14.5. The van der Waals surface area contributed by atoms with Gasteiger partial charge < -0.3 is 4.74 Å². The molecule has 6 heteroatoms. The van der Waals surface area contributed by atoms with Gasteiger partial charge in [0.05, 0.1) is 12.1 Å². The number of esters is 1. The van der Waals surface area contributed by atoms with E-state index in [4.69, 9.17) is 11.6 Å². The Morgan fingerprint density at radius 2 is 2.29 bits per heavy atom. The standard InChI is InChI=1S/C8H6ClF2NO2/c1-14-8(13)5-4(9)2-3-12-6(5)7(10)11/h2-3,7H,1H3. The highest BCUT2D eigenvalue weighted by molar-refractivity contribution is 6.33. The Hall–Kier alpha value is -1.23. The first-order valence-electron chi connectivity index (χ1n) is 3.58. The highest BCUT2D eigenvalue weighted by atomic mass is 35.5. The van der Waals surface area contributed by atoms with Crippen molar-refractivity contribution in [3.05, 3.63) is 28.5 Å². The van der Waals surface area contributed by atoms with E-state index < -0.39 is 18.1 Å². The van der Waals surface area contributed by atoms with E-state index >= 15 is 0 Å². The molecule has 0 aromatic carbocycles. The van der Waals surface area contributed by atoms with Gasteiger partial charge in [0.1, 0.15) is 11.3 Å². The number of nitrogens with zero attached hydrogens (tertiary/aromatic N) is 1. The van der Waals surface area contributed by atoms with Gasteiger partial charge in [-0.25, -0.2) is 13.6 Å². The minimum absolute atomic E-state index is 0.0952. The van der Waals surface area contributed by atoms with Crippen molar-refractivity contribution in [3.63, 3.8) is 0 Å². The van der Waals surface area contributed by atoms with Crippen LogP contribution in [0.4, 0.5) is 8.78 Å². The van der Waals surface area contributed by atoms with Crippen molar-refractivity contribution in [2.75, 3.05) is 7.11 Å². The minimum atomic E-state index is -2.86. The van der Waals surface area contributed by atoms with Crippen LogP contribution in [0.1, 0.15) is 22.5 Å². The molecule has 0 radical (unpaired) electrons. The summed E-state index contributed by atoms with van der Waals surface area (Å²) in [5, 5.41) is -0.0952. The first-order valence-corrected chi connectivity index (χ1v) is 3.96. The SMILES string of the molecule is COC(=O)c1c(Cl)ccnc1C(F)F. The van der Waals surface area contributed by atoms with Crippen LogP contribution >= 0.6 is 11.6 Å². The molecule has 1 heterocycles. The predicted octanol–water partition coefficient (Wildman–Crippen LogP) is 2.46. The Kier molecular flexibility index (Phi) is 3.35. The first-order chi connectivity index (χ1) is 6.57. The fraction of sp³-hybridized carbons (Fsp3) is 0.250. The predicted molar refractivity (Wildman–Crippen MR) is 45.5 cm³/mol. The van der Waals surface area contributed by atoms with Crippen LogP contribution in [0.3, 0.4) is 0 Å². The molecule has 0 saturated carbocycles. The molecule has 0 amide bonds. The normalized spacial score (nSPS) is 10.4. The largest absolute Gasteiger partial charge is 0.465 e. The van der Waals surface area contributed by atoms with Gasteiger partial charge in [-0.15, -0.1) is 0 Å². The first kappa shape index (κ1) is 10.8. The van der Waals surface area contributed by atoms with Crippen LogP contribution in [-0.4, -0.2) is 18.1 Å². The third kappa shape index (κ3) is 1.98. The van der Waals surface area contributed by atoms with Crippen molar-refractivity contribution < 1.29 is 18.3 Å². The summed E-state index contributed by atoms with van der Waals surface area (Å²) in [5.41, 5.74) is -1.05. The van der Waals surface area contributed by atoms with Gasteiger partial charge >= 0.3 is 5.97 Å². The molecule has 1 aromatic heterocycles. The van der Waals surface area contributed by atoms with E-state index in [9.17, 15) is 13.6 Å². The number of methoxy groups -OCH3 is 1. The summed E-state index contributed by atoms with van der Waals surface area (Å²) in [7, 11) is 1.08. The molecule has 3 nitrogen and oxygen atoms in total.